The van der Waals surface area contributed by atoms with Gasteiger partial charge in [0, 0.05) is 24.6 Å². The van der Waals surface area contributed by atoms with Gasteiger partial charge >= 0.3 is 0 Å². The maximum atomic E-state index is 13.2. The quantitative estimate of drug-likeness (QED) is 0.823. The van der Waals surface area contributed by atoms with Crippen molar-refractivity contribution in [3.63, 3.8) is 0 Å². The smallest absolute Gasteiger partial charge is 0.229 e. The number of likely N-dealkylation sites (tertiary alicyclic amines) is 1. The van der Waals surface area contributed by atoms with Gasteiger partial charge in [0.2, 0.25) is 11.8 Å². The van der Waals surface area contributed by atoms with Crippen molar-refractivity contribution in [2.24, 2.45) is 11.3 Å². The summed E-state index contributed by atoms with van der Waals surface area (Å²) in [5.41, 5.74) is -0.437. The second kappa shape index (κ2) is 6.56. The molecule has 1 fully saturated rings. The lowest BCUT2D eigenvalue weighted by Crippen LogP contribution is -2.47. The minimum atomic E-state index is -0.536. The number of rotatable bonds is 2. The van der Waals surface area contributed by atoms with Crippen LogP contribution in [0.5, 0.6) is 5.75 Å². The number of nitrogens with zero attached hydrogens (tertiary/aromatic N) is 1. The molecule has 0 saturated carbocycles. The van der Waals surface area contributed by atoms with E-state index in [1.165, 1.54) is 6.07 Å². The zero-order valence-electron chi connectivity index (χ0n) is 13.7. The van der Waals surface area contributed by atoms with Gasteiger partial charge in [-0.15, -0.1) is 0 Å². The molecule has 1 atom stereocenters. The molecule has 2 N–H and O–H groups in total. The van der Waals surface area contributed by atoms with Gasteiger partial charge in [0.25, 0.3) is 0 Å². The molecule has 1 unspecified atom stereocenters. The zero-order chi connectivity index (χ0) is 17.2. The van der Waals surface area contributed by atoms with Crippen LogP contribution in [0.4, 0.5) is 10.1 Å². The van der Waals surface area contributed by atoms with Gasteiger partial charge in [0.05, 0.1) is 11.6 Å². The number of hydrogen-bond acceptors (Lipinski definition) is 3. The first kappa shape index (κ1) is 17.2. The van der Waals surface area contributed by atoms with E-state index in [1.807, 2.05) is 20.8 Å². The molecule has 0 aliphatic carbocycles. The van der Waals surface area contributed by atoms with E-state index in [0.29, 0.717) is 19.5 Å². The Kier molecular flexibility index (Phi) is 4.92. The molecular formula is C17H23FN2O3. The number of anilines is 1. The molecule has 0 radical (unpaired) electrons. The number of halogens is 1. The second-order valence-corrected chi connectivity index (χ2v) is 6.99. The number of carbonyl (C=O) groups excluding carboxylic acids is 2. The van der Waals surface area contributed by atoms with Crippen LogP contribution in [0.2, 0.25) is 0 Å². The number of benzene rings is 1. The Morgan fingerprint density at radius 2 is 2.04 bits per heavy atom. The third-order valence-corrected chi connectivity index (χ3v) is 3.94. The van der Waals surface area contributed by atoms with Gasteiger partial charge in [-0.2, -0.15) is 0 Å². The van der Waals surface area contributed by atoms with Crippen molar-refractivity contribution in [3.8, 4) is 5.75 Å². The first-order valence-corrected chi connectivity index (χ1v) is 7.77. The van der Waals surface area contributed by atoms with Gasteiger partial charge in [-0.25, -0.2) is 4.39 Å². The summed E-state index contributed by atoms with van der Waals surface area (Å²) in [6.45, 7) is 6.54. The fourth-order valence-corrected chi connectivity index (χ4v) is 2.69. The van der Waals surface area contributed by atoms with E-state index in [4.69, 9.17) is 0 Å². The summed E-state index contributed by atoms with van der Waals surface area (Å²) in [6.07, 6.45) is 1.41. The van der Waals surface area contributed by atoms with E-state index in [0.717, 1.165) is 18.6 Å². The molecule has 1 aliphatic rings. The topological polar surface area (TPSA) is 69.6 Å². The Labute approximate surface area is 135 Å². The van der Waals surface area contributed by atoms with Crippen molar-refractivity contribution in [2.75, 3.05) is 18.4 Å². The van der Waals surface area contributed by atoms with Crippen molar-refractivity contribution in [2.45, 2.75) is 33.6 Å². The standard InChI is InChI=1S/C17H23FN2O3/c1-17(2,3)16(23)20-8-4-5-11(10-20)15(22)19-13-9-12(18)6-7-14(13)21/h6-7,9,11,21H,4-5,8,10H2,1-3H3,(H,19,22). The largest absolute Gasteiger partial charge is 0.506 e. The van der Waals surface area contributed by atoms with Crippen molar-refractivity contribution in [1.29, 1.82) is 0 Å². The summed E-state index contributed by atoms with van der Waals surface area (Å²) >= 11 is 0. The number of phenols is 1. The zero-order valence-corrected chi connectivity index (χ0v) is 13.7. The maximum Gasteiger partial charge on any atom is 0.229 e. The predicted molar refractivity (Wildman–Crippen MR) is 85.5 cm³/mol. The molecular weight excluding hydrogens is 299 g/mol. The molecule has 1 saturated heterocycles. The van der Waals surface area contributed by atoms with Crippen LogP contribution in [0.3, 0.4) is 0 Å². The predicted octanol–water partition coefficient (Wildman–Crippen LogP) is 2.75. The molecule has 1 heterocycles. The van der Waals surface area contributed by atoms with Crippen molar-refractivity contribution >= 4 is 17.5 Å². The molecule has 2 rings (SSSR count). The Hall–Kier alpha value is -2.11. The monoisotopic (exact) mass is 322 g/mol. The molecule has 1 aliphatic heterocycles. The van der Waals surface area contributed by atoms with Crippen LogP contribution in [-0.2, 0) is 9.59 Å². The average molecular weight is 322 g/mol. The minimum absolute atomic E-state index is 0.0172. The van der Waals surface area contributed by atoms with Crippen LogP contribution < -0.4 is 5.32 Å². The lowest BCUT2D eigenvalue weighted by molar-refractivity contribution is -0.142. The van der Waals surface area contributed by atoms with E-state index in [2.05, 4.69) is 5.32 Å². The summed E-state index contributed by atoms with van der Waals surface area (Å²) in [4.78, 5) is 26.4. The first-order chi connectivity index (χ1) is 10.7. The second-order valence-electron chi connectivity index (χ2n) is 6.99. The highest BCUT2D eigenvalue weighted by atomic mass is 19.1. The Morgan fingerprint density at radius 3 is 2.70 bits per heavy atom. The Bertz CT molecular complexity index is 610. The fourth-order valence-electron chi connectivity index (χ4n) is 2.69. The Morgan fingerprint density at radius 1 is 1.35 bits per heavy atom. The molecule has 126 valence electrons. The molecule has 23 heavy (non-hydrogen) atoms. The molecule has 1 aromatic rings. The van der Waals surface area contributed by atoms with Crippen LogP contribution in [0.1, 0.15) is 33.6 Å². The lowest BCUT2D eigenvalue weighted by atomic mass is 9.91. The molecule has 0 spiro atoms. The summed E-state index contributed by atoms with van der Waals surface area (Å²) in [5.74, 6) is -1.37. The highest BCUT2D eigenvalue weighted by Crippen LogP contribution is 2.27. The number of phenolic OH excluding ortho intramolecular Hbond substituents is 1. The third-order valence-electron chi connectivity index (χ3n) is 3.94. The van der Waals surface area contributed by atoms with E-state index in [-0.39, 0.29) is 29.2 Å². The fraction of sp³-hybridized carbons (Fsp3) is 0.529. The number of hydrogen-bond donors (Lipinski definition) is 2. The van der Waals surface area contributed by atoms with Gasteiger partial charge in [0.15, 0.2) is 0 Å². The van der Waals surface area contributed by atoms with Gasteiger partial charge in [-0.3, -0.25) is 9.59 Å². The molecule has 0 bridgehead atoms. The number of nitrogens with one attached hydrogen (secondary N) is 1. The van der Waals surface area contributed by atoms with E-state index >= 15 is 0 Å². The first-order valence-electron chi connectivity index (χ1n) is 7.77. The number of carbonyl (C=O) groups is 2. The van der Waals surface area contributed by atoms with E-state index < -0.39 is 11.2 Å². The molecule has 1 aromatic carbocycles. The number of piperidine rings is 1. The molecule has 2 amide bonds. The van der Waals surface area contributed by atoms with Gasteiger partial charge < -0.3 is 15.3 Å². The van der Waals surface area contributed by atoms with Crippen molar-refractivity contribution in [1.82, 2.24) is 4.90 Å². The molecule has 5 nitrogen and oxygen atoms in total. The van der Waals surface area contributed by atoms with Gasteiger partial charge in [-0.1, -0.05) is 20.8 Å². The van der Waals surface area contributed by atoms with Crippen LogP contribution in [0.15, 0.2) is 18.2 Å². The maximum absolute atomic E-state index is 13.2. The van der Waals surface area contributed by atoms with Crippen molar-refractivity contribution in [3.05, 3.63) is 24.0 Å². The summed E-state index contributed by atoms with van der Waals surface area (Å²) in [7, 11) is 0. The highest BCUT2D eigenvalue weighted by Gasteiger charge is 2.33. The summed E-state index contributed by atoms with van der Waals surface area (Å²) in [6, 6.07) is 3.39. The van der Waals surface area contributed by atoms with Crippen LogP contribution in [0.25, 0.3) is 0 Å². The highest BCUT2D eigenvalue weighted by molar-refractivity contribution is 5.94. The van der Waals surface area contributed by atoms with Crippen molar-refractivity contribution < 1.29 is 19.1 Å². The Balaban J connectivity index is 2.05. The van der Waals surface area contributed by atoms with Crippen LogP contribution >= 0.6 is 0 Å². The lowest BCUT2D eigenvalue weighted by Gasteiger charge is -2.35. The normalized spacial score (nSPS) is 18.6. The summed E-state index contributed by atoms with van der Waals surface area (Å²) in [5, 5.41) is 12.2. The molecule has 0 aromatic heterocycles. The van der Waals surface area contributed by atoms with E-state index in [9.17, 15) is 19.1 Å². The number of amides is 2. The molecule has 6 heteroatoms. The average Bonchev–Trinajstić information content (AvgIpc) is 2.49. The number of aromatic hydroxyl groups is 1. The third kappa shape index (κ3) is 4.21. The summed E-state index contributed by atoms with van der Waals surface area (Å²) < 4.78 is 13.2. The minimum Gasteiger partial charge on any atom is -0.506 e. The SMILES string of the molecule is CC(C)(C)C(=O)N1CCCC(C(=O)Nc2cc(F)ccc2O)C1. The van der Waals surface area contributed by atoms with Gasteiger partial charge in [-0.05, 0) is 25.0 Å². The van der Waals surface area contributed by atoms with Gasteiger partial charge in [0.1, 0.15) is 11.6 Å². The van der Waals surface area contributed by atoms with E-state index in [1.54, 1.807) is 4.90 Å². The van der Waals surface area contributed by atoms with Crippen LogP contribution in [-0.4, -0.2) is 34.9 Å². The van der Waals surface area contributed by atoms with Crippen LogP contribution in [0, 0.1) is 17.2 Å².